The predicted molar refractivity (Wildman–Crippen MR) is 80.2 cm³/mol. The second-order valence-electron chi connectivity index (χ2n) is 4.28. The Labute approximate surface area is 131 Å². The van der Waals surface area contributed by atoms with Crippen molar-refractivity contribution >= 4 is 22.7 Å². The number of thiophene rings is 2. The third kappa shape index (κ3) is 2.27. The van der Waals surface area contributed by atoms with Crippen molar-refractivity contribution < 1.29 is 4.52 Å². The third-order valence-corrected chi connectivity index (χ3v) is 4.55. The molecule has 0 aromatic carbocycles. The molecule has 4 heterocycles. The molecule has 0 radical (unpaired) electrons. The second kappa shape index (κ2) is 5.31. The maximum Gasteiger partial charge on any atom is 0.369 e. The van der Waals surface area contributed by atoms with E-state index in [-0.39, 0.29) is 12.2 Å². The van der Waals surface area contributed by atoms with E-state index in [0.29, 0.717) is 16.7 Å². The van der Waals surface area contributed by atoms with Crippen LogP contribution >= 0.6 is 22.7 Å². The van der Waals surface area contributed by atoms with Crippen molar-refractivity contribution in [3.8, 4) is 15.8 Å². The monoisotopic (exact) mass is 332 g/mol. The van der Waals surface area contributed by atoms with E-state index in [9.17, 15) is 4.79 Å². The molecule has 0 fully saturated rings. The molecule has 4 aromatic heterocycles. The Hall–Kier alpha value is -2.59. The van der Waals surface area contributed by atoms with Crippen LogP contribution in [0, 0.1) is 0 Å². The average molecular weight is 332 g/mol. The van der Waals surface area contributed by atoms with Crippen LogP contribution in [0.5, 0.6) is 0 Å². The van der Waals surface area contributed by atoms with Gasteiger partial charge in [0.15, 0.2) is 5.82 Å². The molecule has 0 N–H and O–H groups in total. The number of tetrazole rings is 1. The van der Waals surface area contributed by atoms with Gasteiger partial charge in [0.1, 0.15) is 11.5 Å². The summed E-state index contributed by atoms with van der Waals surface area (Å²) in [6.45, 7) is 0.110. The summed E-state index contributed by atoms with van der Waals surface area (Å²) in [4.78, 5) is 17.4. The van der Waals surface area contributed by atoms with Gasteiger partial charge in [-0.05, 0) is 39.4 Å². The number of aromatic nitrogens is 6. The van der Waals surface area contributed by atoms with E-state index < -0.39 is 0 Å². The first-order chi connectivity index (χ1) is 10.8. The highest BCUT2D eigenvalue weighted by atomic mass is 32.1. The van der Waals surface area contributed by atoms with Crippen LogP contribution in [0.1, 0.15) is 5.82 Å². The van der Waals surface area contributed by atoms with Gasteiger partial charge in [-0.15, -0.1) is 22.7 Å². The molecule has 10 heteroatoms. The van der Waals surface area contributed by atoms with E-state index in [1.165, 1.54) is 32.0 Å². The first-order valence-electron chi connectivity index (χ1n) is 6.24. The Morgan fingerprint density at radius 2 is 2.00 bits per heavy atom. The zero-order chi connectivity index (χ0) is 14.9. The second-order valence-corrected chi connectivity index (χ2v) is 6.15. The third-order valence-electron chi connectivity index (χ3n) is 2.85. The van der Waals surface area contributed by atoms with E-state index in [1.54, 1.807) is 6.07 Å². The van der Waals surface area contributed by atoms with Gasteiger partial charge in [-0.3, -0.25) is 0 Å². The molecule has 0 aliphatic carbocycles. The van der Waals surface area contributed by atoms with Crippen molar-refractivity contribution in [1.82, 2.24) is 29.9 Å². The lowest BCUT2D eigenvalue weighted by Crippen LogP contribution is -2.24. The predicted octanol–water partition coefficient (Wildman–Crippen LogP) is 1.65. The number of hydrogen-bond donors (Lipinski definition) is 0. The molecular weight excluding hydrogens is 324 g/mol. The zero-order valence-electron chi connectivity index (χ0n) is 11.0. The van der Waals surface area contributed by atoms with Crippen molar-refractivity contribution in [2.75, 3.05) is 0 Å². The van der Waals surface area contributed by atoms with Crippen LogP contribution < -0.4 is 5.69 Å². The van der Waals surface area contributed by atoms with Crippen LogP contribution in [0.4, 0.5) is 0 Å². The maximum absolute atomic E-state index is 12.2. The lowest BCUT2D eigenvalue weighted by Gasteiger charge is -1.92. The van der Waals surface area contributed by atoms with Crippen molar-refractivity contribution in [3.05, 3.63) is 51.3 Å². The molecule has 0 unspecified atom stereocenters. The summed E-state index contributed by atoms with van der Waals surface area (Å²) in [5.74, 6) is 0.812. The Bertz CT molecular complexity index is 935. The summed E-state index contributed by atoms with van der Waals surface area (Å²) in [6, 6.07) is 7.44. The lowest BCUT2D eigenvalue weighted by atomic mass is 10.5. The maximum atomic E-state index is 12.2. The smallest absolute Gasteiger partial charge is 0.333 e. The van der Waals surface area contributed by atoms with Crippen molar-refractivity contribution in [3.63, 3.8) is 0 Å². The fourth-order valence-corrected chi connectivity index (χ4v) is 3.17. The van der Waals surface area contributed by atoms with Gasteiger partial charge in [0.2, 0.25) is 0 Å². The van der Waals surface area contributed by atoms with E-state index in [1.807, 2.05) is 29.0 Å². The number of nitrogens with zero attached hydrogens (tertiary/aromatic N) is 6. The normalized spacial score (nSPS) is 11.1. The molecule has 0 saturated carbocycles. The first-order valence-corrected chi connectivity index (χ1v) is 8.00. The molecule has 0 aliphatic rings. The standard InChI is InChI=1S/C12H8N6O2S2/c19-12-17(15-16-18(12)10-4-2-6-22-10)7-9-13-11(20-14-9)8-3-1-5-21-8/h1-6H,7H2. The minimum atomic E-state index is -0.343. The fourth-order valence-electron chi connectivity index (χ4n) is 1.85. The highest BCUT2D eigenvalue weighted by molar-refractivity contribution is 7.13. The summed E-state index contributed by atoms with van der Waals surface area (Å²) in [5, 5.41) is 16.1. The summed E-state index contributed by atoms with van der Waals surface area (Å²) < 4.78 is 7.62. The van der Waals surface area contributed by atoms with Crippen LogP contribution in [0.3, 0.4) is 0 Å². The summed E-state index contributed by atoms with van der Waals surface area (Å²) in [7, 11) is 0. The Morgan fingerprint density at radius 1 is 1.14 bits per heavy atom. The number of rotatable bonds is 4. The van der Waals surface area contributed by atoms with Crippen LogP contribution in [0.15, 0.2) is 44.3 Å². The largest absolute Gasteiger partial charge is 0.369 e. The Kier molecular flexibility index (Phi) is 3.16. The molecule has 0 spiro atoms. The topological polar surface area (TPSA) is 91.6 Å². The molecule has 110 valence electrons. The number of hydrogen-bond acceptors (Lipinski definition) is 8. The van der Waals surface area contributed by atoms with Gasteiger partial charge < -0.3 is 4.52 Å². The van der Waals surface area contributed by atoms with Crippen molar-refractivity contribution in [2.45, 2.75) is 6.54 Å². The first kappa shape index (κ1) is 13.1. The van der Waals surface area contributed by atoms with E-state index >= 15 is 0 Å². The molecule has 4 aromatic rings. The van der Waals surface area contributed by atoms with Gasteiger partial charge in [0, 0.05) is 0 Å². The lowest BCUT2D eigenvalue weighted by molar-refractivity contribution is 0.418. The minimum Gasteiger partial charge on any atom is -0.333 e. The van der Waals surface area contributed by atoms with Crippen LogP contribution in [-0.2, 0) is 6.54 Å². The van der Waals surface area contributed by atoms with Gasteiger partial charge in [-0.25, -0.2) is 4.79 Å². The van der Waals surface area contributed by atoms with Crippen molar-refractivity contribution in [1.29, 1.82) is 0 Å². The molecule has 0 bridgehead atoms. The van der Waals surface area contributed by atoms with Crippen LogP contribution in [0.25, 0.3) is 15.8 Å². The molecule has 22 heavy (non-hydrogen) atoms. The Balaban J connectivity index is 1.61. The molecule has 0 atom stereocenters. The molecule has 0 amide bonds. The van der Waals surface area contributed by atoms with Crippen molar-refractivity contribution in [2.24, 2.45) is 0 Å². The van der Waals surface area contributed by atoms with E-state index in [2.05, 4.69) is 20.6 Å². The van der Waals surface area contributed by atoms with Gasteiger partial charge in [-0.2, -0.15) is 14.3 Å². The zero-order valence-corrected chi connectivity index (χ0v) is 12.6. The summed E-state index contributed by atoms with van der Waals surface area (Å²) in [5.41, 5.74) is -0.343. The van der Waals surface area contributed by atoms with Crippen LogP contribution in [0.2, 0.25) is 0 Å². The highest BCUT2D eigenvalue weighted by Crippen LogP contribution is 2.22. The fraction of sp³-hybridized carbons (Fsp3) is 0.0833. The molecule has 4 rings (SSSR count). The van der Waals surface area contributed by atoms with E-state index in [0.717, 1.165) is 4.88 Å². The van der Waals surface area contributed by atoms with Gasteiger partial charge in [0.25, 0.3) is 5.89 Å². The SMILES string of the molecule is O=c1n(Cc2noc(-c3cccs3)n2)nnn1-c1cccs1. The van der Waals surface area contributed by atoms with Gasteiger partial charge in [0.05, 0.1) is 4.88 Å². The minimum absolute atomic E-state index is 0.110. The summed E-state index contributed by atoms with van der Waals surface area (Å²) >= 11 is 2.92. The average Bonchev–Trinajstić information content (AvgIpc) is 3.27. The van der Waals surface area contributed by atoms with Crippen LogP contribution in [-0.4, -0.2) is 29.9 Å². The molecule has 0 aliphatic heterocycles. The molecular formula is C12H8N6O2S2. The molecule has 8 nitrogen and oxygen atoms in total. The Morgan fingerprint density at radius 3 is 2.77 bits per heavy atom. The van der Waals surface area contributed by atoms with Gasteiger partial charge in [-0.1, -0.05) is 11.2 Å². The van der Waals surface area contributed by atoms with E-state index in [4.69, 9.17) is 4.52 Å². The molecule has 0 saturated heterocycles. The quantitative estimate of drug-likeness (QED) is 0.564. The van der Waals surface area contributed by atoms with Gasteiger partial charge >= 0.3 is 5.69 Å². The summed E-state index contributed by atoms with van der Waals surface area (Å²) in [6.07, 6.45) is 0. The highest BCUT2D eigenvalue weighted by Gasteiger charge is 2.14.